The lowest BCUT2D eigenvalue weighted by atomic mass is 10.1. The second-order valence-corrected chi connectivity index (χ2v) is 5.13. The van der Waals surface area contributed by atoms with Gasteiger partial charge in [0.15, 0.2) is 0 Å². The quantitative estimate of drug-likeness (QED) is 0.909. The van der Waals surface area contributed by atoms with Gasteiger partial charge in [-0.05, 0) is 37.9 Å². The van der Waals surface area contributed by atoms with Crippen LogP contribution in [0.2, 0.25) is 0 Å². The lowest BCUT2D eigenvalue weighted by Gasteiger charge is -2.14. The predicted octanol–water partition coefficient (Wildman–Crippen LogP) is 3.80. The van der Waals surface area contributed by atoms with Crippen LogP contribution in [0.15, 0.2) is 24.3 Å². The third kappa shape index (κ3) is 2.52. The monoisotopic (exact) mass is 257 g/mol. The number of benzene rings is 1. The van der Waals surface area contributed by atoms with Crippen molar-refractivity contribution in [2.24, 2.45) is 0 Å². The van der Waals surface area contributed by atoms with Crippen molar-refractivity contribution < 1.29 is 0 Å². The Balaban J connectivity index is 2.19. The minimum atomic E-state index is 0.164. The molecule has 2 rings (SSSR count). The number of rotatable bonds is 3. The van der Waals surface area contributed by atoms with Crippen molar-refractivity contribution in [2.45, 2.75) is 26.8 Å². The highest BCUT2D eigenvalue weighted by Gasteiger charge is 2.13. The molecule has 3 nitrogen and oxygen atoms in total. The van der Waals surface area contributed by atoms with E-state index in [4.69, 9.17) is 5.26 Å². The standard InChI is InChI=1S/C14H15N3S/c1-9-4-6-12(7-5-9)10(2)16-14-13(8-15)11(3)17-18-14/h4-7,10,16H,1-3H3. The molecule has 1 unspecified atom stereocenters. The summed E-state index contributed by atoms with van der Waals surface area (Å²) in [7, 11) is 0. The smallest absolute Gasteiger partial charge is 0.128 e. The predicted molar refractivity (Wildman–Crippen MR) is 74.8 cm³/mol. The maximum absolute atomic E-state index is 9.08. The van der Waals surface area contributed by atoms with Gasteiger partial charge < -0.3 is 5.32 Å². The van der Waals surface area contributed by atoms with Crippen LogP contribution in [-0.2, 0) is 0 Å². The minimum Gasteiger partial charge on any atom is -0.368 e. The summed E-state index contributed by atoms with van der Waals surface area (Å²) in [5, 5.41) is 13.3. The Morgan fingerprint density at radius 3 is 2.56 bits per heavy atom. The first-order valence-electron chi connectivity index (χ1n) is 5.81. The lowest BCUT2D eigenvalue weighted by Crippen LogP contribution is -2.06. The molecule has 0 aliphatic carbocycles. The maximum atomic E-state index is 9.08. The van der Waals surface area contributed by atoms with Gasteiger partial charge in [0, 0.05) is 6.04 Å². The van der Waals surface area contributed by atoms with Gasteiger partial charge >= 0.3 is 0 Å². The van der Waals surface area contributed by atoms with E-state index in [-0.39, 0.29) is 6.04 Å². The fraction of sp³-hybridized carbons (Fsp3) is 0.286. The van der Waals surface area contributed by atoms with Crippen molar-refractivity contribution in [3.8, 4) is 6.07 Å². The second-order valence-electron chi connectivity index (χ2n) is 4.36. The van der Waals surface area contributed by atoms with E-state index in [1.807, 2.05) is 6.92 Å². The third-order valence-corrected chi connectivity index (χ3v) is 3.77. The average molecular weight is 257 g/mol. The molecule has 0 radical (unpaired) electrons. The van der Waals surface area contributed by atoms with Crippen molar-refractivity contribution in [2.75, 3.05) is 5.32 Å². The van der Waals surface area contributed by atoms with Gasteiger partial charge in [-0.2, -0.15) is 9.64 Å². The molecule has 0 bridgehead atoms. The SMILES string of the molecule is Cc1ccc(C(C)Nc2snc(C)c2C#N)cc1. The number of nitrogens with zero attached hydrogens (tertiary/aromatic N) is 2. The molecular weight excluding hydrogens is 242 g/mol. The van der Waals surface area contributed by atoms with Gasteiger partial charge in [0.2, 0.25) is 0 Å². The molecule has 0 aliphatic heterocycles. The zero-order valence-electron chi connectivity index (χ0n) is 10.7. The summed E-state index contributed by atoms with van der Waals surface area (Å²) in [5.74, 6) is 0. The van der Waals surface area contributed by atoms with Crippen LogP contribution < -0.4 is 5.32 Å². The Morgan fingerprint density at radius 2 is 1.94 bits per heavy atom. The summed E-state index contributed by atoms with van der Waals surface area (Å²) >= 11 is 1.34. The molecule has 18 heavy (non-hydrogen) atoms. The Hall–Kier alpha value is -1.86. The van der Waals surface area contributed by atoms with Crippen LogP contribution >= 0.6 is 11.5 Å². The molecule has 4 heteroatoms. The summed E-state index contributed by atoms with van der Waals surface area (Å²) in [4.78, 5) is 0. The molecule has 1 aromatic heterocycles. The van der Waals surface area contributed by atoms with Crippen LogP contribution in [0.25, 0.3) is 0 Å². The van der Waals surface area contributed by atoms with Crippen LogP contribution in [-0.4, -0.2) is 4.37 Å². The number of nitrogens with one attached hydrogen (secondary N) is 1. The van der Waals surface area contributed by atoms with E-state index in [1.165, 1.54) is 22.7 Å². The zero-order chi connectivity index (χ0) is 13.1. The van der Waals surface area contributed by atoms with Crippen LogP contribution in [0.1, 0.15) is 35.3 Å². The topological polar surface area (TPSA) is 48.7 Å². The van der Waals surface area contributed by atoms with Crippen molar-refractivity contribution in [1.82, 2.24) is 4.37 Å². The Bertz CT molecular complexity index is 578. The number of nitriles is 1. The third-order valence-electron chi connectivity index (χ3n) is 2.90. The van der Waals surface area contributed by atoms with Gasteiger partial charge in [-0.1, -0.05) is 29.8 Å². The molecule has 1 aromatic carbocycles. The summed E-state index contributed by atoms with van der Waals surface area (Å²) in [6, 6.07) is 10.8. The number of hydrogen-bond donors (Lipinski definition) is 1. The molecule has 0 saturated carbocycles. The molecule has 1 atom stereocenters. The summed E-state index contributed by atoms with van der Waals surface area (Å²) in [6.45, 7) is 6.01. The van der Waals surface area contributed by atoms with Gasteiger partial charge in [0.25, 0.3) is 0 Å². The highest BCUT2D eigenvalue weighted by Crippen LogP contribution is 2.27. The van der Waals surface area contributed by atoms with Gasteiger partial charge in [-0.15, -0.1) is 0 Å². The van der Waals surface area contributed by atoms with E-state index in [0.29, 0.717) is 5.56 Å². The fourth-order valence-corrected chi connectivity index (χ4v) is 2.57. The van der Waals surface area contributed by atoms with Gasteiger partial charge in [0.05, 0.1) is 5.69 Å². The molecule has 1 heterocycles. The highest BCUT2D eigenvalue weighted by molar-refractivity contribution is 7.10. The zero-order valence-corrected chi connectivity index (χ0v) is 11.5. The Morgan fingerprint density at radius 1 is 1.28 bits per heavy atom. The first-order valence-corrected chi connectivity index (χ1v) is 6.58. The highest BCUT2D eigenvalue weighted by atomic mass is 32.1. The second kappa shape index (κ2) is 5.19. The first kappa shape index (κ1) is 12.6. The molecule has 92 valence electrons. The number of anilines is 1. The molecular formula is C14H15N3S. The summed E-state index contributed by atoms with van der Waals surface area (Å²) < 4.78 is 4.20. The molecule has 0 amide bonds. The van der Waals surface area contributed by atoms with Crippen LogP contribution in [0.3, 0.4) is 0 Å². The van der Waals surface area contributed by atoms with Crippen molar-refractivity contribution in [1.29, 1.82) is 5.26 Å². The normalized spacial score (nSPS) is 11.9. The largest absolute Gasteiger partial charge is 0.368 e. The summed E-state index contributed by atoms with van der Waals surface area (Å²) in [5.41, 5.74) is 3.90. The van der Waals surface area contributed by atoms with Crippen molar-refractivity contribution in [3.63, 3.8) is 0 Å². The number of aryl methyl sites for hydroxylation is 2. The number of aromatic nitrogens is 1. The Labute approximate surface area is 111 Å². The van der Waals surface area contributed by atoms with E-state index in [2.05, 4.69) is 53.9 Å². The lowest BCUT2D eigenvalue weighted by molar-refractivity contribution is 0.888. The van der Waals surface area contributed by atoms with Gasteiger partial charge in [-0.25, -0.2) is 0 Å². The molecule has 0 fully saturated rings. The van der Waals surface area contributed by atoms with E-state index >= 15 is 0 Å². The van der Waals surface area contributed by atoms with Gasteiger partial charge in [-0.3, -0.25) is 0 Å². The van der Waals surface area contributed by atoms with E-state index < -0.39 is 0 Å². The Kier molecular flexibility index (Phi) is 3.63. The van der Waals surface area contributed by atoms with Crippen molar-refractivity contribution in [3.05, 3.63) is 46.6 Å². The van der Waals surface area contributed by atoms with Crippen LogP contribution in [0.5, 0.6) is 0 Å². The van der Waals surface area contributed by atoms with E-state index in [9.17, 15) is 0 Å². The van der Waals surface area contributed by atoms with Crippen LogP contribution in [0, 0.1) is 25.2 Å². The maximum Gasteiger partial charge on any atom is 0.128 e. The van der Waals surface area contributed by atoms with E-state index in [1.54, 1.807) is 0 Å². The molecule has 1 N–H and O–H groups in total. The number of hydrogen-bond acceptors (Lipinski definition) is 4. The minimum absolute atomic E-state index is 0.164. The van der Waals surface area contributed by atoms with E-state index in [0.717, 1.165) is 10.7 Å². The first-order chi connectivity index (χ1) is 8.61. The fourth-order valence-electron chi connectivity index (χ4n) is 1.73. The molecule has 0 saturated heterocycles. The summed E-state index contributed by atoms with van der Waals surface area (Å²) in [6.07, 6.45) is 0. The molecule has 0 aliphatic rings. The molecule has 0 spiro atoms. The molecule has 2 aromatic rings. The average Bonchev–Trinajstić information content (AvgIpc) is 2.70. The van der Waals surface area contributed by atoms with Gasteiger partial charge in [0.1, 0.15) is 16.6 Å². The van der Waals surface area contributed by atoms with Crippen LogP contribution in [0.4, 0.5) is 5.00 Å². The van der Waals surface area contributed by atoms with Crippen molar-refractivity contribution >= 4 is 16.5 Å².